The second kappa shape index (κ2) is 3.23. The van der Waals surface area contributed by atoms with E-state index in [0.29, 0.717) is 0 Å². The number of fused-ring (bicyclic) bond motifs is 1. The Morgan fingerprint density at radius 2 is 2.27 bits per heavy atom. The molecule has 0 fully saturated rings. The Bertz CT molecular complexity index is 525. The second-order valence-corrected chi connectivity index (χ2v) is 2.71. The average Bonchev–Trinajstić information content (AvgIpc) is 2.59. The number of nitrogens with zero attached hydrogens (tertiary/aromatic N) is 4. The molecule has 15 heavy (non-hydrogen) atoms. The van der Waals surface area contributed by atoms with Gasteiger partial charge in [-0.05, 0) is 6.07 Å². The lowest BCUT2D eigenvalue weighted by Crippen LogP contribution is -1.97. The fraction of sp³-hybridized carbons (Fsp3) is 0.143. The summed E-state index contributed by atoms with van der Waals surface area (Å²) in [4.78, 5) is 13.2. The van der Waals surface area contributed by atoms with Crippen LogP contribution in [0.1, 0.15) is 12.1 Å². The second-order valence-electron chi connectivity index (χ2n) is 2.71. The SMILES string of the molecule is O=[N+]([O-])c1cnn2ccc(C(F)F)nc12. The van der Waals surface area contributed by atoms with Crippen LogP contribution in [0, 0.1) is 10.1 Å². The molecule has 0 spiro atoms. The highest BCUT2D eigenvalue weighted by Crippen LogP contribution is 2.21. The van der Waals surface area contributed by atoms with Crippen LogP contribution >= 0.6 is 0 Å². The smallest absolute Gasteiger partial charge is 0.258 e. The van der Waals surface area contributed by atoms with Gasteiger partial charge in [-0.2, -0.15) is 5.10 Å². The maximum absolute atomic E-state index is 12.3. The van der Waals surface area contributed by atoms with Crippen molar-refractivity contribution >= 4 is 11.3 Å². The number of nitro groups is 1. The van der Waals surface area contributed by atoms with Crippen LogP contribution in [0.2, 0.25) is 0 Å². The summed E-state index contributed by atoms with van der Waals surface area (Å²) in [6, 6.07) is 1.06. The van der Waals surface area contributed by atoms with Gasteiger partial charge in [0, 0.05) is 6.20 Å². The van der Waals surface area contributed by atoms with Gasteiger partial charge in [0.1, 0.15) is 11.9 Å². The molecule has 2 aromatic heterocycles. The molecule has 0 saturated carbocycles. The molecule has 2 heterocycles. The summed E-state index contributed by atoms with van der Waals surface area (Å²) >= 11 is 0. The zero-order chi connectivity index (χ0) is 11.0. The van der Waals surface area contributed by atoms with Gasteiger partial charge >= 0.3 is 5.69 Å². The summed E-state index contributed by atoms with van der Waals surface area (Å²) in [6.07, 6.45) is -0.585. The van der Waals surface area contributed by atoms with Crippen LogP contribution in [0.25, 0.3) is 5.65 Å². The molecular weight excluding hydrogens is 210 g/mol. The van der Waals surface area contributed by atoms with Crippen LogP contribution in [0.4, 0.5) is 14.5 Å². The largest absolute Gasteiger partial charge is 0.333 e. The predicted molar refractivity (Wildman–Crippen MR) is 44.6 cm³/mol. The Hall–Kier alpha value is -2.12. The molecule has 2 aromatic rings. The summed E-state index contributed by atoms with van der Waals surface area (Å²) in [5.74, 6) is 0. The van der Waals surface area contributed by atoms with Crippen LogP contribution in [0.15, 0.2) is 18.5 Å². The predicted octanol–water partition coefficient (Wildman–Crippen LogP) is 1.58. The first-order valence-corrected chi connectivity index (χ1v) is 3.86. The van der Waals surface area contributed by atoms with Crippen molar-refractivity contribution in [1.82, 2.24) is 14.6 Å². The first-order chi connectivity index (χ1) is 7.09. The van der Waals surface area contributed by atoms with Gasteiger partial charge in [-0.15, -0.1) is 0 Å². The quantitative estimate of drug-likeness (QED) is 0.561. The highest BCUT2D eigenvalue weighted by molar-refractivity contribution is 5.57. The monoisotopic (exact) mass is 214 g/mol. The van der Waals surface area contributed by atoms with Crippen molar-refractivity contribution in [2.75, 3.05) is 0 Å². The van der Waals surface area contributed by atoms with E-state index in [-0.39, 0.29) is 5.65 Å². The van der Waals surface area contributed by atoms with Crippen LogP contribution in [-0.2, 0) is 0 Å². The van der Waals surface area contributed by atoms with E-state index in [4.69, 9.17) is 0 Å². The highest BCUT2D eigenvalue weighted by Gasteiger charge is 2.18. The zero-order valence-electron chi connectivity index (χ0n) is 7.17. The topological polar surface area (TPSA) is 73.3 Å². The molecule has 0 N–H and O–H groups in total. The van der Waals surface area contributed by atoms with Crippen LogP contribution in [0.3, 0.4) is 0 Å². The molecule has 78 valence electrons. The molecule has 0 bridgehead atoms. The van der Waals surface area contributed by atoms with Crippen molar-refractivity contribution in [2.24, 2.45) is 0 Å². The fourth-order valence-electron chi connectivity index (χ4n) is 1.12. The number of rotatable bonds is 2. The van der Waals surface area contributed by atoms with Crippen molar-refractivity contribution in [1.29, 1.82) is 0 Å². The van der Waals surface area contributed by atoms with Crippen LogP contribution in [0.5, 0.6) is 0 Å². The van der Waals surface area contributed by atoms with Crippen LogP contribution in [-0.4, -0.2) is 19.5 Å². The van der Waals surface area contributed by atoms with Gasteiger partial charge in [0.05, 0.1) is 4.92 Å². The van der Waals surface area contributed by atoms with Gasteiger partial charge in [-0.25, -0.2) is 18.3 Å². The molecule has 0 aliphatic heterocycles. The maximum atomic E-state index is 12.3. The third kappa shape index (κ3) is 1.49. The van der Waals surface area contributed by atoms with Crippen molar-refractivity contribution in [2.45, 2.75) is 6.43 Å². The molecular formula is C7H4F2N4O2. The lowest BCUT2D eigenvalue weighted by molar-refractivity contribution is -0.383. The number of hydrogen-bond acceptors (Lipinski definition) is 4. The van der Waals surface area contributed by atoms with Gasteiger partial charge in [0.15, 0.2) is 0 Å². The lowest BCUT2D eigenvalue weighted by Gasteiger charge is -1.98. The molecule has 0 aliphatic carbocycles. The molecule has 0 aliphatic rings. The van der Waals surface area contributed by atoms with E-state index in [1.54, 1.807) is 0 Å². The van der Waals surface area contributed by atoms with Crippen molar-refractivity contribution in [3.8, 4) is 0 Å². The summed E-state index contributed by atoms with van der Waals surface area (Å²) in [5, 5.41) is 14.1. The Kier molecular flexibility index (Phi) is 2.03. The average molecular weight is 214 g/mol. The number of aromatic nitrogens is 3. The molecule has 0 aromatic carbocycles. The summed E-state index contributed by atoms with van der Waals surface area (Å²) in [6.45, 7) is 0. The Balaban J connectivity index is 2.66. The molecule has 0 amide bonds. The third-order valence-corrected chi connectivity index (χ3v) is 1.79. The standard InChI is InChI=1S/C7H4F2N4O2/c8-6(9)4-1-2-12-7(11-4)5(3-10-12)13(14)15/h1-3,6H. The fourth-order valence-corrected chi connectivity index (χ4v) is 1.12. The number of halogens is 2. The van der Waals surface area contributed by atoms with Gasteiger partial charge < -0.3 is 0 Å². The minimum Gasteiger partial charge on any atom is -0.258 e. The van der Waals surface area contributed by atoms with Gasteiger partial charge in [-0.1, -0.05) is 0 Å². The van der Waals surface area contributed by atoms with Gasteiger partial charge in [0.25, 0.3) is 6.43 Å². The minimum absolute atomic E-state index is 0.183. The molecule has 0 saturated heterocycles. The normalized spacial score (nSPS) is 11.1. The van der Waals surface area contributed by atoms with E-state index < -0.39 is 22.7 Å². The van der Waals surface area contributed by atoms with E-state index in [1.165, 1.54) is 6.20 Å². The van der Waals surface area contributed by atoms with Crippen LogP contribution < -0.4 is 0 Å². The molecule has 0 unspecified atom stereocenters. The van der Waals surface area contributed by atoms with E-state index in [2.05, 4.69) is 10.1 Å². The maximum Gasteiger partial charge on any atom is 0.333 e. The van der Waals surface area contributed by atoms with Gasteiger partial charge in [0.2, 0.25) is 5.65 Å². The zero-order valence-corrected chi connectivity index (χ0v) is 7.17. The molecule has 0 radical (unpaired) electrons. The minimum atomic E-state index is -2.76. The van der Waals surface area contributed by atoms with Crippen molar-refractivity contribution < 1.29 is 13.7 Å². The molecule has 6 nitrogen and oxygen atoms in total. The van der Waals surface area contributed by atoms with Crippen molar-refractivity contribution in [3.05, 3.63) is 34.3 Å². The Labute approximate surface area is 81.3 Å². The van der Waals surface area contributed by atoms with E-state index in [1.807, 2.05) is 0 Å². The van der Waals surface area contributed by atoms with E-state index >= 15 is 0 Å². The molecule has 2 rings (SSSR count). The van der Waals surface area contributed by atoms with Crippen molar-refractivity contribution in [3.63, 3.8) is 0 Å². The number of alkyl halides is 2. The third-order valence-electron chi connectivity index (χ3n) is 1.79. The summed E-state index contributed by atoms with van der Waals surface area (Å²) in [7, 11) is 0. The molecule has 8 heteroatoms. The molecule has 0 atom stereocenters. The van der Waals surface area contributed by atoms with E-state index in [0.717, 1.165) is 16.8 Å². The first-order valence-electron chi connectivity index (χ1n) is 3.86. The first kappa shape index (κ1) is 9.44. The summed E-state index contributed by atoms with van der Waals surface area (Å²) < 4.78 is 25.6. The lowest BCUT2D eigenvalue weighted by atomic mass is 10.4. The summed E-state index contributed by atoms with van der Waals surface area (Å²) in [5.41, 5.74) is -1.08. The Morgan fingerprint density at radius 1 is 1.53 bits per heavy atom. The highest BCUT2D eigenvalue weighted by atomic mass is 19.3. The van der Waals surface area contributed by atoms with Gasteiger partial charge in [-0.3, -0.25) is 10.1 Å². The Morgan fingerprint density at radius 3 is 2.87 bits per heavy atom. The van der Waals surface area contributed by atoms with E-state index in [9.17, 15) is 18.9 Å². The number of hydrogen-bond donors (Lipinski definition) is 0.